The summed E-state index contributed by atoms with van der Waals surface area (Å²) < 4.78 is 2.28. The van der Waals surface area contributed by atoms with Crippen molar-refractivity contribution in [2.45, 2.75) is 59.4 Å². The van der Waals surface area contributed by atoms with Gasteiger partial charge < -0.3 is 4.57 Å². The molecule has 2 aromatic carbocycles. The van der Waals surface area contributed by atoms with Crippen LogP contribution in [0.3, 0.4) is 0 Å². The Bertz CT molecular complexity index is 1650. The number of benzene rings is 2. The van der Waals surface area contributed by atoms with Crippen molar-refractivity contribution in [1.29, 1.82) is 0 Å². The first-order chi connectivity index (χ1) is 18.4. The van der Waals surface area contributed by atoms with Gasteiger partial charge in [-0.05, 0) is 64.8 Å². The number of imidazole rings is 1. The van der Waals surface area contributed by atoms with Crippen LogP contribution in [0.5, 0.6) is 0 Å². The second kappa shape index (κ2) is 9.59. The third-order valence-electron chi connectivity index (χ3n) is 7.43. The Kier molecular flexibility index (Phi) is 6.10. The minimum atomic E-state index is 0.0903. The highest BCUT2D eigenvalue weighted by Crippen LogP contribution is 2.40. The van der Waals surface area contributed by atoms with Crippen LogP contribution in [-0.2, 0) is 12.8 Å². The zero-order valence-corrected chi connectivity index (χ0v) is 22.2. The van der Waals surface area contributed by atoms with Crippen LogP contribution in [0.1, 0.15) is 72.7 Å². The maximum atomic E-state index is 12.9. The van der Waals surface area contributed by atoms with Gasteiger partial charge in [0.15, 0.2) is 11.4 Å². The zero-order chi connectivity index (χ0) is 26.4. The van der Waals surface area contributed by atoms with Crippen LogP contribution >= 0.6 is 0 Å². The molecule has 1 aliphatic carbocycles. The first-order valence-electron chi connectivity index (χ1n) is 13.3. The molecule has 0 saturated heterocycles. The van der Waals surface area contributed by atoms with Gasteiger partial charge in [0.1, 0.15) is 17.0 Å². The number of H-pyrrole nitrogens is 1. The summed E-state index contributed by atoms with van der Waals surface area (Å²) in [6.07, 6.45) is 3.22. The third-order valence-corrected chi connectivity index (χ3v) is 7.43. The van der Waals surface area contributed by atoms with E-state index in [1.54, 1.807) is 0 Å². The molecule has 1 aliphatic rings. The number of tetrazole rings is 1. The van der Waals surface area contributed by atoms with Crippen molar-refractivity contribution in [3.05, 3.63) is 76.7 Å². The molecule has 0 fully saturated rings. The van der Waals surface area contributed by atoms with Gasteiger partial charge in [0.25, 0.3) is 0 Å². The van der Waals surface area contributed by atoms with Crippen molar-refractivity contribution in [2.24, 2.45) is 5.92 Å². The van der Waals surface area contributed by atoms with E-state index in [1.165, 1.54) is 11.1 Å². The molecular formula is C30H31N7O. The summed E-state index contributed by atoms with van der Waals surface area (Å²) in [6.45, 7) is 8.29. The fourth-order valence-corrected chi connectivity index (χ4v) is 5.69. The van der Waals surface area contributed by atoms with E-state index in [9.17, 15) is 4.79 Å². The molecule has 0 radical (unpaired) electrons. The molecule has 0 aliphatic heterocycles. The summed E-state index contributed by atoms with van der Waals surface area (Å²) in [7, 11) is 0. The summed E-state index contributed by atoms with van der Waals surface area (Å²) >= 11 is 0. The molecule has 3 aromatic heterocycles. The molecule has 6 rings (SSSR count). The van der Waals surface area contributed by atoms with E-state index >= 15 is 0 Å². The average Bonchev–Trinajstić information content (AvgIpc) is 3.66. The number of aromatic nitrogens is 7. The van der Waals surface area contributed by atoms with Crippen LogP contribution in [0.25, 0.3) is 33.7 Å². The SMILES string of the molecule is CCc1nc2c(C)cc(C(=O)CC(C)C)nc2n1[C@H]1CCc2cc(-c3ccccc3-c3nn[nH]n3)ccc21. The number of hydrogen-bond acceptors (Lipinski definition) is 6. The van der Waals surface area contributed by atoms with Crippen molar-refractivity contribution in [3.63, 3.8) is 0 Å². The summed E-state index contributed by atoms with van der Waals surface area (Å²) in [5, 5.41) is 14.7. The molecule has 0 spiro atoms. The Morgan fingerprint density at radius 2 is 1.92 bits per heavy atom. The summed E-state index contributed by atoms with van der Waals surface area (Å²) in [4.78, 5) is 22.8. The van der Waals surface area contributed by atoms with Crippen LogP contribution in [0, 0.1) is 12.8 Å². The molecule has 8 nitrogen and oxygen atoms in total. The van der Waals surface area contributed by atoms with Gasteiger partial charge in [-0.3, -0.25) is 4.79 Å². The standard InChI is InChI=1S/C30H31N7O/c1-5-27-32-28-18(4)15-24(26(38)14-17(2)3)31-30(28)37(27)25-13-11-20-16-19(10-12-22(20)25)21-8-6-7-9-23(21)29-33-35-36-34-29/h6-10,12,15-17,25H,5,11,13-14H2,1-4H3,(H,33,34,35,36)/t25-/m0/s1. The molecule has 192 valence electrons. The van der Waals surface area contributed by atoms with Gasteiger partial charge in [0.2, 0.25) is 5.82 Å². The largest absolute Gasteiger partial charge is 0.305 e. The van der Waals surface area contributed by atoms with Gasteiger partial charge in [0.05, 0.1) is 6.04 Å². The number of ketones is 1. The van der Waals surface area contributed by atoms with Gasteiger partial charge in [-0.2, -0.15) is 5.21 Å². The highest BCUT2D eigenvalue weighted by molar-refractivity contribution is 5.96. The molecule has 0 amide bonds. The minimum Gasteiger partial charge on any atom is -0.305 e. The van der Waals surface area contributed by atoms with E-state index in [2.05, 4.69) is 70.2 Å². The highest BCUT2D eigenvalue weighted by Gasteiger charge is 2.29. The predicted octanol–water partition coefficient (Wildman–Crippen LogP) is 5.91. The van der Waals surface area contributed by atoms with E-state index in [0.717, 1.165) is 58.5 Å². The van der Waals surface area contributed by atoms with E-state index in [0.29, 0.717) is 17.9 Å². The first-order valence-corrected chi connectivity index (χ1v) is 13.3. The number of aromatic amines is 1. The number of pyridine rings is 1. The second-order valence-electron chi connectivity index (χ2n) is 10.5. The van der Waals surface area contributed by atoms with Crippen LogP contribution in [0.4, 0.5) is 0 Å². The molecule has 1 N–H and O–H groups in total. The van der Waals surface area contributed by atoms with Gasteiger partial charge >= 0.3 is 0 Å². The van der Waals surface area contributed by atoms with Crippen LogP contribution < -0.4 is 0 Å². The lowest BCUT2D eigenvalue weighted by Gasteiger charge is -2.18. The van der Waals surface area contributed by atoms with E-state index < -0.39 is 0 Å². The predicted molar refractivity (Wildman–Crippen MR) is 147 cm³/mol. The fourth-order valence-electron chi connectivity index (χ4n) is 5.69. The molecule has 0 unspecified atom stereocenters. The van der Waals surface area contributed by atoms with Crippen molar-refractivity contribution in [2.75, 3.05) is 0 Å². The lowest BCUT2D eigenvalue weighted by molar-refractivity contribution is 0.0963. The Labute approximate surface area is 221 Å². The normalized spacial score (nSPS) is 14.9. The molecule has 3 heterocycles. The van der Waals surface area contributed by atoms with Crippen molar-refractivity contribution in [3.8, 4) is 22.5 Å². The van der Waals surface area contributed by atoms with E-state index in [4.69, 9.17) is 9.97 Å². The quantitative estimate of drug-likeness (QED) is 0.276. The average molecular weight is 506 g/mol. The van der Waals surface area contributed by atoms with Crippen molar-refractivity contribution < 1.29 is 4.79 Å². The summed E-state index contributed by atoms with van der Waals surface area (Å²) in [5.74, 6) is 1.97. The fraction of sp³-hybridized carbons (Fsp3) is 0.333. The molecule has 0 saturated carbocycles. The maximum Gasteiger partial charge on any atom is 0.205 e. The smallest absolute Gasteiger partial charge is 0.205 e. The van der Waals surface area contributed by atoms with Crippen LogP contribution in [0.2, 0.25) is 0 Å². The summed E-state index contributed by atoms with van der Waals surface area (Å²) in [5.41, 5.74) is 9.02. The topological polar surface area (TPSA) is 102 Å². The Morgan fingerprint density at radius 1 is 1.11 bits per heavy atom. The third kappa shape index (κ3) is 4.10. The number of hydrogen-bond donors (Lipinski definition) is 1. The van der Waals surface area contributed by atoms with Crippen molar-refractivity contribution >= 4 is 16.9 Å². The number of carbonyl (C=O) groups excluding carboxylic acids is 1. The number of Topliss-reactive ketones (excluding diaryl/α,β-unsaturated/α-hetero) is 1. The molecule has 0 bridgehead atoms. The maximum absolute atomic E-state index is 12.9. The van der Waals surface area contributed by atoms with Crippen LogP contribution in [-0.4, -0.2) is 40.9 Å². The van der Waals surface area contributed by atoms with Gasteiger partial charge in [-0.25, -0.2) is 9.97 Å². The van der Waals surface area contributed by atoms with Crippen LogP contribution in [0.15, 0.2) is 48.5 Å². The lowest BCUT2D eigenvalue weighted by Crippen LogP contribution is -2.13. The van der Waals surface area contributed by atoms with Gasteiger partial charge in [0, 0.05) is 18.4 Å². The zero-order valence-electron chi connectivity index (χ0n) is 22.2. The van der Waals surface area contributed by atoms with Gasteiger partial charge in [-0.15, -0.1) is 10.2 Å². The molecule has 1 atom stereocenters. The van der Waals surface area contributed by atoms with Gasteiger partial charge in [-0.1, -0.05) is 63.2 Å². The molecular weight excluding hydrogens is 474 g/mol. The number of aryl methyl sites for hydroxylation is 3. The number of carbonyl (C=O) groups is 1. The Morgan fingerprint density at radius 3 is 2.66 bits per heavy atom. The van der Waals surface area contributed by atoms with E-state index in [1.807, 2.05) is 31.2 Å². The molecule has 8 heteroatoms. The molecule has 38 heavy (non-hydrogen) atoms. The Balaban J connectivity index is 1.43. The monoisotopic (exact) mass is 505 g/mol. The first kappa shape index (κ1) is 24.2. The number of fused-ring (bicyclic) bond motifs is 2. The highest BCUT2D eigenvalue weighted by atomic mass is 16.1. The minimum absolute atomic E-state index is 0.0903. The lowest BCUT2D eigenvalue weighted by atomic mass is 9.96. The molecule has 5 aromatic rings. The van der Waals surface area contributed by atoms with Crippen molar-refractivity contribution in [1.82, 2.24) is 35.2 Å². The van der Waals surface area contributed by atoms with E-state index in [-0.39, 0.29) is 17.7 Å². The number of nitrogens with zero attached hydrogens (tertiary/aromatic N) is 6. The summed E-state index contributed by atoms with van der Waals surface area (Å²) in [6, 6.07) is 16.9. The second-order valence-corrected chi connectivity index (χ2v) is 10.5. The Hall–Kier alpha value is -4.20. The number of rotatable bonds is 7. The number of nitrogens with one attached hydrogen (secondary N) is 1.